The van der Waals surface area contributed by atoms with E-state index in [4.69, 9.17) is 9.47 Å². The highest BCUT2D eigenvalue weighted by atomic mass is 16.5. The van der Waals surface area contributed by atoms with E-state index in [0.29, 0.717) is 0 Å². The normalized spacial score (nSPS) is 10.6. The zero-order valence-electron chi connectivity index (χ0n) is 20.7. The Morgan fingerprint density at radius 3 is 1.12 bits per heavy atom. The first-order chi connectivity index (χ1) is 19.4. The van der Waals surface area contributed by atoms with Gasteiger partial charge in [-0.05, 0) is 56.6 Å². The van der Waals surface area contributed by atoms with E-state index in [1.165, 1.54) is 68.7 Å². The molecule has 0 heterocycles. The van der Waals surface area contributed by atoms with Crippen molar-refractivity contribution in [3.05, 3.63) is 108 Å². The third-order valence-electron chi connectivity index (χ3n) is 6.51. The van der Waals surface area contributed by atoms with Gasteiger partial charge in [-0.15, -0.1) is 0 Å². The Labute approximate surface area is 226 Å². The van der Waals surface area contributed by atoms with Gasteiger partial charge in [0.15, 0.2) is 0 Å². The summed E-state index contributed by atoms with van der Waals surface area (Å²) in [5.41, 5.74) is -1.02. The number of aromatic carboxylic acids is 2. The van der Waals surface area contributed by atoms with Crippen molar-refractivity contribution in [2.45, 2.75) is 0 Å². The van der Waals surface area contributed by atoms with Crippen molar-refractivity contribution >= 4 is 57.2 Å². The number of carbonyl (C=O) groups is 4. The van der Waals surface area contributed by atoms with Crippen LogP contribution in [0, 0.1) is 0 Å². The van der Waals surface area contributed by atoms with Crippen molar-refractivity contribution in [2.75, 3.05) is 0 Å². The number of carbonyl (C=O) groups excluding carboxylic acids is 2. The molecule has 6 aromatic rings. The molecule has 0 saturated heterocycles. The zero-order valence-corrected chi connectivity index (χ0v) is 20.7. The molecule has 0 aromatic heterocycles. The Morgan fingerprint density at radius 2 is 0.825 bits per heavy atom. The van der Waals surface area contributed by atoms with Gasteiger partial charge in [0, 0.05) is 11.1 Å². The first-order valence-electron chi connectivity index (χ1n) is 12.0. The average Bonchev–Trinajstić information content (AvgIpc) is 2.96. The lowest BCUT2D eigenvalue weighted by Crippen LogP contribution is -2.08. The second kappa shape index (κ2) is 10.9. The molecular formula is C32H20O8. The summed E-state index contributed by atoms with van der Waals surface area (Å²) in [5.74, 6) is -3.12. The van der Waals surface area contributed by atoms with Crippen LogP contribution in [0.3, 0.4) is 0 Å². The Bertz CT molecular complexity index is 1710. The summed E-state index contributed by atoms with van der Waals surface area (Å²) >= 11 is 0. The molecule has 2 N–H and O–H groups in total. The molecule has 6 aromatic carbocycles. The van der Waals surface area contributed by atoms with Gasteiger partial charge < -0.3 is 19.7 Å². The van der Waals surface area contributed by atoms with Gasteiger partial charge in [0.2, 0.25) is 0 Å². The molecule has 6 rings (SSSR count). The van der Waals surface area contributed by atoms with E-state index >= 15 is 0 Å². The molecule has 8 heteroatoms. The lowest BCUT2D eigenvalue weighted by atomic mass is 9.93. The van der Waals surface area contributed by atoms with E-state index in [-0.39, 0.29) is 46.7 Å². The molecule has 0 aliphatic carbocycles. The molecule has 0 saturated carbocycles. The molecule has 0 aliphatic heterocycles. The van der Waals surface area contributed by atoms with Crippen LogP contribution < -0.4 is 9.47 Å². The van der Waals surface area contributed by atoms with Crippen LogP contribution >= 0.6 is 0 Å². The number of benzene rings is 6. The van der Waals surface area contributed by atoms with Crippen LogP contribution in [-0.2, 0) is 9.59 Å². The summed E-state index contributed by atoms with van der Waals surface area (Å²) < 4.78 is 9.54. The Balaban J connectivity index is 0.000000173. The molecule has 0 spiro atoms. The van der Waals surface area contributed by atoms with Crippen molar-refractivity contribution < 1.29 is 38.9 Å². The third-order valence-corrected chi connectivity index (χ3v) is 6.51. The van der Waals surface area contributed by atoms with Crippen LogP contribution in [0.2, 0.25) is 0 Å². The van der Waals surface area contributed by atoms with Crippen molar-refractivity contribution in [3.8, 4) is 22.6 Å². The second-order valence-corrected chi connectivity index (χ2v) is 8.69. The molecule has 0 fully saturated rings. The number of hydrogen-bond donors (Lipinski definition) is 2. The van der Waals surface area contributed by atoms with E-state index in [9.17, 15) is 29.4 Å². The van der Waals surface area contributed by atoms with Crippen LogP contribution in [0.5, 0.6) is 11.5 Å². The van der Waals surface area contributed by atoms with E-state index in [1.54, 1.807) is 0 Å². The van der Waals surface area contributed by atoms with Crippen molar-refractivity contribution in [3.63, 3.8) is 0 Å². The summed E-state index contributed by atoms with van der Waals surface area (Å²) in [6.07, 6.45) is 0. The molecule has 0 atom stereocenters. The quantitative estimate of drug-likeness (QED) is 0.178. The van der Waals surface area contributed by atoms with Crippen LogP contribution in [0.1, 0.15) is 20.7 Å². The van der Waals surface area contributed by atoms with Gasteiger partial charge in [0.25, 0.3) is 12.9 Å². The molecule has 0 aliphatic rings. The highest BCUT2D eigenvalue weighted by Crippen LogP contribution is 2.41. The van der Waals surface area contributed by atoms with Gasteiger partial charge in [-0.1, -0.05) is 72.8 Å². The fourth-order valence-corrected chi connectivity index (χ4v) is 4.90. The molecule has 196 valence electrons. The summed E-state index contributed by atoms with van der Waals surface area (Å²) in [7, 11) is 0. The van der Waals surface area contributed by atoms with E-state index in [2.05, 4.69) is 60.7 Å². The Morgan fingerprint density at radius 1 is 0.500 bits per heavy atom. The average molecular weight is 533 g/mol. The SMILES string of the molecule is O=COc1cccc(C(=O)O)c1-c1c(OC=O)cccc1C(=O)O.c1cc2ccc3cccc4ccc(c1)c2c34. The number of hydrogen-bond acceptors (Lipinski definition) is 6. The number of carboxylic acid groups (broad SMARTS) is 2. The van der Waals surface area contributed by atoms with E-state index in [1.807, 2.05) is 0 Å². The van der Waals surface area contributed by atoms with Gasteiger partial charge in [0.05, 0.1) is 11.1 Å². The molecule has 8 nitrogen and oxygen atoms in total. The maximum Gasteiger partial charge on any atom is 0.336 e. The van der Waals surface area contributed by atoms with Crippen LogP contribution in [0.4, 0.5) is 0 Å². The van der Waals surface area contributed by atoms with Crippen LogP contribution in [0.25, 0.3) is 43.4 Å². The minimum Gasteiger partial charge on any atom is -0.478 e. The van der Waals surface area contributed by atoms with Gasteiger partial charge in [-0.2, -0.15) is 0 Å². The maximum absolute atomic E-state index is 11.5. The molecular weight excluding hydrogens is 512 g/mol. The first-order valence-corrected chi connectivity index (χ1v) is 12.0. The summed E-state index contributed by atoms with van der Waals surface area (Å²) in [6.45, 7) is 0.155. The molecule has 0 bridgehead atoms. The van der Waals surface area contributed by atoms with Gasteiger partial charge in [0.1, 0.15) is 11.5 Å². The van der Waals surface area contributed by atoms with Gasteiger partial charge in [-0.25, -0.2) is 9.59 Å². The predicted octanol–water partition coefficient (Wildman–Crippen LogP) is 6.40. The third kappa shape index (κ3) is 4.65. The first kappa shape index (κ1) is 25.9. The number of rotatable bonds is 7. The highest BCUT2D eigenvalue weighted by Gasteiger charge is 2.25. The van der Waals surface area contributed by atoms with E-state index in [0.717, 1.165) is 0 Å². The number of ether oxygens (including phenoxy) is 2. The van der Waals surface area contributed by atoms with Crippen molar-refractivity contribution in [1.29, 1.82) is 0 Å². The highest BCUT2D eigenvalue weighted by molar-refractivity contribution is 6.22. The smallest absolute Gasteiger partial charge is 0.336 e. The van der Waals surface area contributed by atoms with Crippen molar-refractivity contribution in [2.24, 2.45) is 0 Å². The monoisotopic (exact) mass is 532 g/mol. The molecule has 0 radical (unpaired) electrons. The van der Waals surface area contributed by atoms with E-state index < -0.39 is 11.9 Å². The largest absolute Gasteiger partial charge is 0.478 e. The fraction of sp³-hybridized carbons (Fsp3) is 0. The standard InChI is InChI=1S/C16H10O8.C16H10/c17-7-23-11-5-1-3-9(15(19)20)13(11)14-10(16(21)22)4-2-6-12(14)24-8-18;1-3-11-7-9-13-5-2-6-14-10-8-12(4-1)15(11)16(13)14/h1-8H,(H,19,20)(H,21,22);1-10H. The molecule has 0 unspecified atom stereocenters. The Kier molecular flexibility index (Phi) is 7.07. The topological polar surface area (TPSA) is 127 Å². The second-order valence-electron chi connectivity index (χ2n) is 8.69. The summed E-state index contributed by atoms with van der Waals surface area (Å²) in [4.78, 5) is 44.4. The lowest BCUT2D eigenvalue weighted by molar-refractivity contribution is -0.121. The summed E-state index contributed by atoms with van der Waals surface area (Å²) in [5, 5.41) is 26.9. The Hall–Kier alpha value is -5.76. The lowest BCUT2D eigenvalue weighted by Gasteiger charge is -2.15. The minimum atomic E-state index is -1.38. The van der Waals surface area contributed by atoms with Crippen LogP contribution in [0.15, 0.2) is 97.1 Å². The zero-order chi connectivity index (χ0) is 28.2. The molecule has 40 heavy (non-hydrogen) atoms. The molecule has 0 amide bonds. The van der Waals surface area contributed by atoms with Crippen molar-refractivity contribution in [1.82, 2.24) is 0 Å². The predicted molar refractivity (Wildman–Crippen MR) is 149 cm³/mol. The van der Waals surface area contributed by atoms with Gasteiger partial charge in [-0.3, -0.25) is 9.59 Å². The fourth-order valence-electron chi connectivity index (χ4n) is 4.90. The minimum absolute atomic E-state index is 0.0775. The van der Waals surface area contributed by atoms with Gasteiger partial charge >= 0.3 is 11.9 Å². The van der Waals surface area contributed by atoms with Crippen LogP contribution in [-0.4, -0.2) is 35.1 Å². The number of carboxylic acids is 2. The maximum atomic E-state index is 11.5. The summed E-state index contributed by atoms with van der Waals surface area (Å²) in [6, 6.07) is 29.5.